The van der Waals surface area contributed by atoms with Crippen molar-refractivity contribution in [3.8, 4) is 11.3 Å². The van der Waals surface area contributed by atoms with E-state index < -0.39 is 0 Å². The number of carbonyl (C=O) groups is 2. The highest BCUT2D eigenvalue weighted by molar-refractivity contribution is 7.23. The molecule has 0 bridgehead atoms. The molecular formula is C26H33N5O2S. The van der Waals surface area contributed by atoms with Crippen molar-refractivity contribution < 1.29 is 12.4 Å². The van der Waals surface area contributed by atoms with Gasteiger partial charge in [-0.2, -0.15) is 0 Å². The van der Waals surface area contributed by atoms with Gasteiger partial charge in [-0.25, -0.2) is 4.98 Å². The van der Waals surface area contributed by atoms with Crippen LogP contribution in [-0.4, -0.2) is 58.8 Å². The fraction of sp³-hybridized carbons (Fsp3) is 0.346. The van der Waals surface area contributed by atoms with Crippen LogP contribution in [-0.2, 0) is 0 Å². The number of amides is 2. The number of fused-ring (bicyclic) bond motifs is 3. The van der Waals surface area contributed by atoms with Crippen LogP contribution in [0.3, 0.4) is 0 Å². The number of rotatable bonds is 6. The summed E-state index contributed by atoms with van der Waals surface area (Å²) in [6.45, 7) is 4.96. The summed E-state index contributed by atoms with van der Waals surface area (Å²) < 4.78 is 3.09. The number of aromatic nitrogens is 2. The van der Waals surface area contributed by atoms with Gasteiger partial charge in [0, 0.05) is 51.9 Å². The van der Waals surface area contributed by atoms with Crippen LogP contribution in [0.4, 0.5) is 0 Å². The quantitative estimate of drug-likeness (QED) is 0.421. The Hall–Kier alpha value is -3.23. The monoisotopic (exact) mass is 479 g/mol. The summed E-state index contributed by atoms with van der Waals surface area (Å²) in [5.74, 6) is -0.140. The molecule has 34 heavy (non-hydrogen) atoms. The standard InChI is InChI=1S/C26H29N5O2S.2H2/c1-17-5-3-4-13-30(17)14-12-28-25(33)20-10-11-22-23(15-20)34-26-29-21(16-31(22)26)18-6-8-19(9-7-18)24(32)27-2;;/h6-11,15-17H,3-5,12-14H2,1-2H3,(H,27,32)(H,28,33);2*1H. The zero-order valence-corrected chi connectivity index (χ0v) is 20.3. The molecule has 4 aromatic rings. The van der Waals surface area contributed by atoms with Gasteiger partial charge in [-0.3, -0.25) is 18.9 Å². The molecule has 7 nitrogen and oxygen atoms in total. The van der Waals surface area contributed by atoms with Crippen LogP contribution in [0.2, 0.25) is 0 Å². The van der Waals surface area contributed by atoms with Gasteiger partial charge in [-0.05, 0) is 56.6 Å². The van der Waals surface area contributed by atoms with E-state index >= 15 is 0 Å². The third kappa shape index (κ3) is 4.43. The lowest BCUT2D eigenvalue weighted by Gasteiger charge is -2.33. The van der Waals surface area contributed by atoms with E-state index in [4.69, 9.17) is 4.98 Å². The fourth-order valence-corrected chi connectivity index (χ4v) is 5.67. The lowest BCUT2D eigenvalue weighted by molar-refractivity contribution is 0.0936. The third-order valence-corrected chi connectivity index (χ3v) is 7.67. The number of likely N-dealkylation sites (tertiary alicyclic amines) is 1. The first-order valence-corrected chi connectivity index (χ1v) is 12.6. The second kappa shape index (κ2) is 9.56. The number of benzene rings is 2. The van der Waals surface area contributed by atoms with Gasteiger partial charge in [-0.1, -0.05) is 29.9 Å². The highest BCUT2D eigenvalue weighted by Crippen LogP contribution is 2.30. The van der Waals surface area contributed by atoms with Gasteiger partial charge in [0.05, 0.1) is 15.9 Å². The molecule has 2 aromatic carbocycles. The van der Waals surface area contributed by atoms with E-state index in [1.807, 2.05) is 36.5 Å². The number of hydrogen-bond acceptors (Lipinski definition) is 5. The van der Waals surface area contributed by atoms with E-state index in [2.05, 4.69) is 26.9 Å². The summed E-state index contributed by atoms with van der Waals surface area (Å²) in [5.41, 5.74) is 4.13. The van der Waals surface area contributed by atoms with E-state index in [0.717, 1.165) is 39.5 Å². The van der Waals surface area contributed by atoms with Gasteiger partial charge < -0.3 is 10.6 Å². The molecule has 1 saturated heterocycles. The molecule has 1 fully saturated rings. The molecule has 1 atom stereocenters. The Morgan fingerprint density at radius 1 is 1.12 bits per heavy atom. The predicted octanol–water partition coefficient (Wildman–Crippen LogP) is 4.67. The number of carbonyl (C=O) groups excluding carboxylic acids is 2. The topological polar surface area (TPSA) is 78.7 Å². The van der Waals surface area contributed by atoms with Gasteiger partial charge >= 0.3 is 0 Å². The van der Waals surface area contributed by atoms with E-state index in [1.165, 1.54) is 19.3 Å². The minimum atomic E-state index is -0.107. The smallest absolute Gasteiger partial charge is 0.251 e. The zero-order valence-electron chi connectivity index (χ0n) is 19.5. The van der Waals surface area contributed by atoms with E-state index in [0.29, 0.717) is 23.7 Å². The molecule has 2 amide bonds. The van der Waals surface area contributed by atoms with E-state index in [-0.39, 0.29) is 14.7 Å². The summed E-state index contributed by atoms with van der Waals surface area (Å²) in [4.78, 5) is 32.6. The van der Waals surface area contributed by atoms with Crippen LogP contribution >= 0.6 is 11.3 Å². The highest BCUT2D eigenvalue weighted by Gasteiger charge is 2.18. The van der Waals surface area contributed by atoms with Crippen molar-refractivity contribution in [2.24, 2.45) is 0 Å². The summed E-state index contributed by atoms with van der Waals surface area (Å²) in [5, 5.41) is 5.71. The van der Waals surface area contributed by atoms with Crippen molar-refractivity contribution in [3.05, 3.63) is 59.8 Å². The molecular weight excluding hydrogens is 446 g/mol. The number of hydrogen-bond donors (Lipinski definition) is 2. The van der Waals surface area contributed by atoms with Gasteiger partial charge in [0.15, 0.2) is 4.96 Å². The van der Waals surface area contributed by atoms with Gasteiger partial charge in [-0.15, -0.1) is 0 Å². The Morgan fingerprint density at radius 3 is 2.68 bits per heavy atom. The Labute approximate surface area is 205 Å². The minimum absolute atomic E-state index is 0. The van der Waals surface area contributed by atoms with Gasteiger partial charge in [0.2, 0.25) is 0 Å². The number of thiazole rings is 1. The van der Waals surface area contributed by atoms with Crippen molar-refractivity contribution in [1.29, 1.82) is 0 Å². The zero-order chi connectivity index (χ0) is 23.7. The third-order valence-electron chi connectivity index (χ3n) is 6.65. The average Bonchev–Trinajstić information content (AvgIpc) is 3.42. The second-order valence-electron chi connectivity index (χ2n) is 8.86. The number of piperidine rings is 1. The largest absolute Gasteiger partial charge is 0.355 e. The minimum Gasteiger partial charge on any atom is -0.355 e. The molecule has 180 valence electrons. The van der Waals surface area contributed by atoms with Crippen LogP contribution in [0.25, 0.3) is 26.4 Å². The molecule has 8 heteroatoms. The first-order valence-electron chi connectivity index (χ1n) is 11.8. The molecule has 1 unspecified atom stereocenters. The molecule has 1 aliphatic heterocycles. The van der Waals surface area contributed by atoms with Crippen LogP contribution in [0.5, 0.6) is 0 Å². The fourth-order valence-electron chi connectivity index (χ4n) is 4.62. The van der Waals surface area contributed by atoms with Crippen molar-refractivity contribution in [2.75, 3.05) is 26.7 Å². The second-order valence-corrected chi connectivity index (χ2v) is 9.87. The molecule has 0 radical (unpaired) electrons. The molecule has 0 aliphatic carbocycles. The Balaban J connectivity index is 0.00000180. The maximum atomic E-state index is 12.7. The van der Waals surface area contributed by atoms with E-state index in [1.54, 1.807) is 30.5 Å². The van der Waals surface area contributed by atoms with Crippen molar-refractivity contribution in [3.63, 3.8) is 0 Å². The highest BCUT2D eigenvalue weighted by atomic mass is 32.1. The number of nitrogens with zero attached hydrogens (tertiary/aromatic N) is 3. The summed E-state index contributed by atoms with van der Waals surface area (Å²) in [6, 6.07) is 13.8. The molecule has 2 N–H and O–H groups in total. The lowest BCUT2D eigenvalue weighted by Crippen LogP contribution is -2.42. The first kappa shape index (κ1) is 22.6. The molecule has 5 rings (SSSR count). The van der Waals surface area contributed by atoms with E-state index in [9.17, 15) is 9.59 Å². The van der Waals surface area contributed by atoms with Gasteiger partial charge in [0.25, 0.3) is 11.8 Å². The lowest BCUT2D eigenvalue weighted by atomic mass is 10.0. The summed E-state index contributed by atoms with van der Waals surface area (Å²) in [6.07, 6.45) is 5.80. The maximum absolute atomic E-state index is 12.7. The number of nitrogens with one attached hydrogen (secondary N) is 2. The summed E-state index contributed by atoms with van der Waals surface area (Å²) in [7, 11) is 1.62. The SMILES string of the molecule is CNC(=O)c1ccc(-c2cn3c(n2)sc2cc(C(=O)NCCN4CCCCC4C)ccc23)cc1.[HH].[HH]. The number of imidazole rings is 1. The van der Waals surface area contributed by atoms with Gasteiger partial charge in [0.1, 0.15) is 0 Å². The Bertz CT molecular complexity index is 1350. The first-order chi connectivity index (χ1) is 16.5. The molecule has 0 spiro atoms. The Morgan fingerprint density at radius 2 is 1.91 bits per heavy atom. The molecule has 0 saturated carbocycles. The van der Waals surface area contributed by atoms with Crippen LogP contribution in [0, 0.1) is 0 Å². The van der Waals surface area contributed by atoms with Crippen molar-refractivity contribution in [2.45, 2.75) is 32.2 Å². The van der Waals surface area contributed by atoms with Crippen molar-refractivity contribution >= 4 is 38.3 Å². The summed E-state index contributed by atoms with van der Waals surface area (Å²) >= 11 is 1.57. The van der Waals surface area contributed by atoms with Crippen LogP contribution in [0.1, 0.15) is 49.8 Å². The molecule has 1 aliphatic rings. The molecule has 2 aromatic heterocycles. The molecule has 3 heterocycles. The Kier molecular flexibility index (Phi) is 6.34. The normalized spacial score (nSPS) is 16.7. The predicted molar refractivity (Wildman–Crippen MR) is 141 cm³/mol. The van der Waals surface area contributed by atoms with Crippen LogP contribution < -0.4 is 10.6 Å². The van der Waals surface area contributed by atoms with Crippen LogP contribution in [0.15, 0.2) is 48.7 Å². The maximum Gasteiger partial charge on any atom is 0.251 e. The average molecular weight is 480 g/mol. The van der Waals surface area contributed by atoms with Crippen molar-refractivity contribution in [1.82, 2.24) is 24.9 Å².